The maximum absolute atomic E-state index is 12.0. The van der Waals surface area contributed by atoms with Gasteiger partial charge in [0.1, 0.15) is 16.9 Å². The van der Waals surface area contributed by atoms with Crippen LogP contribution in [0.25, 0.3) is 0 Å². The van der Waals surface area contributed by atoms with E-state index in [2.05, 4.69) is 11.4 Å². The SMILES string of the molecule is COc1ccccc1C(=O)OCC(=O)N[C@](C)(C#N)C1CC1. The maximum Gasteiger partial charge on any atom is 0.342 e. The standard InChI is InChI=1S/C16H18N2O4/c1-16(10-17,11-7-8-11)18-14(19)9-22-15(20)12-5-3-4-6-13(12)21-2/h3-6,11H,7-9H2,1-2H3,(H,18,19)/t16-/m1/s1. The van der Waals surface area contributed by atoms with Crippen LogP contribution in [0.3, 0.4) is 0 Å². The van der Waals surface area contributed by atoms with Crippen LogP contribution in [0.4, 0.5) is 0 Å². The first-order chi connectivity index (χ1) is 10.5. The fourth-order valence-corrected chi connectivity index (χ4v) is 2.23. The Morgan fingerprint density at radius 3 is 2.68 bits per heavy atom. The summed E-state index contributed by atoms with van der Waals surface area (Å²) in [6, 6.07) is 8.72. The minimum Gasteiger partial charge on any atom is -0.496 e. The topological polar surface area (TPSA) is 88.4 Å². The lowest BCUT2D eigenvalue weighted by Gasteiger charge is -2.22. The van der Waals surface area contributed by atoms with E-state index >= 15 is 0 Å². The van der Waals surface area contributed by atoms with Crippen molar-refractivity contribution in [3.63, 3.8) is 0 Å². The fraction of sp³-hybridized carbons (Fsp3) is 0.438. The number of para-hydroxylation sites is 1. The molecule has 6 nitrogen and oxygen atoms in total. The minimum atomic E-state index is -0.895. The summed E-state index contributed by atoms with van der Waals surface area (Å²) in [5, 5.41) is 11.8. The second-order valence-corrected chi connectivity index (χ2v) is 5.41. The van der Waals surface area contributed by atoms with Crippen molar-refractivity contribution in [2.24, 2.45) is 5.92 Å². The Morgan fingerprint density at radius 1 is 1.41 bits per heavy atom. The Hall–Kier alpha value is -2.55. The molecule has 1 aromatic carbocycles. The molecule has 1 aromatic rings. The molecule has 1 amide bonds. The van der Waals surface area contributed by atoms with E-state index in [0.717, 1.165) is 12.8 Å². The van der Waals surface area contributed by atoms with Crippen LogP contribution in [-0.2, 0) is 9.53 Å². The predicted molar refractivity (Wildman–Crippen MR) is 78.2 cm³/mol. The normalized spacial score (nSPS) is 16.0. The molecule has 1 aliphatic rings. The van der Waals surface area contributed by atoms with Crippen molar-refractivity contribution in [2.75, 3.05) is 13.7 Å². The first-order valence-electron chi connectivity index (χ1n) is 7.02. The fourth-order valence-electron chi connectivity index (χ4n) is 2.23. The highest BCUT2D eigenvalue weighted by Crippen LogP contribution is 2.39. The third-order valence-corrected chi connectivity index (χ3v) is 3.69. The van der Waals surface area contributed by atoms with E-state index in [-0.39, 0.29) is 11.5 Å². The molecule has 0 heterocycles. The van der Waals surface area contributed by atoms with Crippen LogP contribution in [-0.4, -0.2) is 31.1 Å². The number of hydrogen-bond donors (Lipinski definition) is 1. The van der Waals surface area contributed by atoms with Crippen molar-refractivity contribution < 1.29 is 19.1 Å². The van der Waals surface area contributed by atoms with E-state index in [1.165, 1.54) is 7.11 Å². The van der Waals surface area contributed by atoms with Crippen molar-refractivity contribution >= 4 is 11.9 Å². The third kappa shape index (κ3) is 3.55. The van der Waals surface area contributed by atoms with Gasteiger partial charge in [0.25, 0.3) is 5.91 Å². The van der Waals surface area contributed by atoms with Crippen molar-refractivity contribution in [3.8, 4) is 11.8 Å². The van der Waals surface area contributed by atoms with Crippen LogP contribution in [0.2, 0.25) is 0 Å². The lowest BCUT2D eigenvalue weighted by Crippen LogP contribution is -2.48. The second-order valence-electron chi connectivity index (χ2n) is 5.41. The van der Waals surface area contributed by atoms with Gasteiger partial charge in [0.15, 0.2) is 6.61 Å². The van der Waals surface area contributed by atoms with Gasteiger partial charge in [0.05, 0.1) is 13.2 Å². The van der Waals surface area contributed by atoms with Crippen molar-refractivity contribution in [3.05, 3.63) is 29.8 Å². The molecular weight excluding hydrogens is 284 g/mol. The van der Waals surface area contributed by atoms with Crippen molar-refractivity contribution in [2.45, 2.75) is 25.3 Å². The number of nitriles is 1. The van der Waals surface area contributed by atoms with E-state index in [4.69, 9.17) is 9.47 Å². The number of hydrogen-bond acceptors (Lipinski definition) is 5. The van der Waals surface area contributed by atoms with Gasteiger partial charge in [-0.15, -0.1) is 0 Å². The molecule has 1 atom stereocenters. The summed E-state index contributed by atoms with van der Waals surface area (Å²) in [4.78, 5) is 23.8. The summed E-state index contributed by atoms with van der Waals surface area (Å²) in [5.74, 6) is -0.573. The number of esters is 1. The molecule has 0 spiro atoms. The van der Waals surface area contributed by atoms with Gasteiger partial charge in [-0.2, -0.15) is 5.26 Å². The first-order valence-corrected chi connectivity index (χ1v) is 7.02. The zero-order chi connectivity index (χ0) is 16.2. The molecule has 116 valence electrons. The first kappa shape index (κ1) is 15.8. The summed E-state index contributed by atoms with van der Waals surface area (Å²) in [6.45, 7) is 1.26. The van der Waals surface area contributed by atoms with Gasteiger partial charge in [-0.1, -0.05) is 12.1 Å². The molecule has 2 rings (SSSR count). The maximum atomic E-state index is 12.0. The molecule has 0 saturated heterocycles. The summed E-state index contributed by atoms with van der Waals surface area (Å²) >= 11 is 0. The molecule has 22 heavy (non-hydrogen) atoms. The number of carbonyl (C=O) groups excluding carboxylic acids is 2. The molecule has 1 aliphatic carbocycles. The average Bonchev–Trinajstić information content (AvgIpc) is 3.37. The Bertz CT molecular complexity index is 619. The molecule has 6 heteroatoms. The van der Waals surface area contributed by atoms with Gasteiger partial charge in [0.2, 0.25) is 0 Å². The quantitative estimate of drug-likeness (QED) is 0.807. The zero-order valence-electron chi connectivity index (χ0n) is 12.6. The lowest BCUT2D eigenvalue weighted by molar-refractivity contribution is -0.125. The summed E-state index contributed by atoms with van der Waals surface area (Å²) < 4.78 is 10.0. The number of benzene rings is 1. The van der Waals surface area contributed by atoms with E-state index in [1.54, 1.807) is 31.2 Å². The van der Waals surface area contributed by atoms with E-state index in [9.17, 15) is 14.9 Å². The van der Waals surface area contributed by atoms with Gasteiger partial charge in [-0.3, -0.25) is 4.79 Å². The lowest BCUT2D eigenvalue weighted by atomic mass is 9.98. The van der Waals surface area contributed by atoms with Crippen LogP contribution in [0.15, 0.2) is 24.3 Å². The molecule has 0 unspecified atom stereocenters. The smallest absolute Gasteiger partial charge is 0.342 e. The molecular formula is C16H18N2O4. The third-order valence-electron chi connectivity index (χ3n) is 3.69. The number of rotatable bonds is 6. The van der Waals surface area contributed by atoms with Gasteiger partial charge in [-0.05, 0) is 37.8 Å². The Morgan fingerprint density at radius 2 is 2.09 bits per heavy atom. The highest BCUT2D eigenvalue weighted by atomic mass is 16.5. The predicted octanol–water partition coefficient (Wildman–Crippen LogP) is 1.66. The summed E-state index contributed by atoms with van der Waals surface area (Å²) in [7, 11) is 1.45. The number of methoxy groups -OCH3 is 1. The highest BCUT2D eigenvalue weighted by molar-refractivity contribution is 5.94. The van der Waals surface area contributed by atoms with E-state index in [0.29, 0.717) is 5.75 Å². The Balaban J connectivity index is 1.91. The Labute approximate surface area is 129 Å². The van der Waals surface area contributed by atoms with Crippen LogP contribution in [0.5, 0.6) is 5.75 Å². The number of nitrogens with one attached hydrogen (secondary N) is 1. The zero-order valence-corrected chi connectivity index (χ0v) is 12.6. The number of ether oxygens (including phenoxy) is 2. The summed E-state index contributed by atoms with van der Waals surface area (Å²) in [5.41, 5.74) is -0.642. The van der Waals surface area contributed by atoms with Crippen LogP contribution in [0.1, 0.15) is 30.1 Å². The molecule has 1 fully saturated rings. The van der Waals surface area contributed by atoms with Crippen LogP contribution in [0, 0.1) is 17.2 Å². The van der Waals surface area contributed by atoms with E-state index in [1.807, 2.05) is 0 Å². The van der Waals surface area contributed by atoms with Crippen LogP contribution < -0.4 is 10.1 Å². The molecule has 0 aromatic heterocycles. The van der Waals surface area contributed by atoms with E-state index < -0.39 is 24.0 Å². The van der Waals surface area contributed by atoms with Gasteiger partial charge in [-0.25, -0.2) is 4.79 Å². The van der Waals surface area contributed by atoms with Crippen molar-refractivity contribution in [1.29, 1.82) is 5.26 Å². The molecule has 0 aliphatic heterocycles. The molecule has 1 N–H and O–H groups in total. The average molecular weight is 302 g/mol. The molecule has 0 bridgehead atoms. The second kappa shape index (κ2) is 6.48. The van der Waals surface area contributed by atoms with Crippen molar-refractivity contribution in [1.82, 2.24) is 5.32 Å². The summed E-state index contributed by atoms with van der Waals surface area (Å²) in [6.07, 6.45) is 1.84. The number of amides is 1. The highest BCUT2D eigenvalue weighted by Gasteiger charge is 2.43. The van der Waals surface area contributed by atoms with Crippen LogP contribution >= 0.6 is 0 Å². The minimum absolute atomic E-state index is 0.173. The largest absolute Gasteiger partial charge is 0.496 e. The van der Waals surface area contributed by atoms with Gasteiger partial charge < -0.3 is 14.8 Å². The van der Waals surface area contributed by atoms with Gasteiger partial charge >= 0.3 is 5.97 Å². The molecule has 0 radical (unpaired) electrons. The number of carbonyl (C=O) groups is 2. The molecule has 1 saturated carbocycles. The number of nitrogens with zero attached hydrogens (tertiary/aromatic N) is 1. The van der Waals surface area contributed by atoms with Gasteiger partial charge in [0, 0.05) is 0 Å². The monoisotopic (exact) mass is 302 g/mol. The Kier molecular flexibility index (Phi) is 4.66.